The quantitative estimate of drug-likeness (QED) is 0.701. The molecule has 0 aliphatic heterocycles. The summed E-state index contributed by atoms with van der Waals surface area (Å²) in [6, 6.07) is 15.5. The Hall–Kier alpha value is -2.27. The summed E-state index contributed by atoms with van der Waals surface area (Å²) in [5, 5.41) is 3.13. The van der Waals surface area contributed by atoms with Crippen LogP contribution < -0.4 is 5.32 Å². The first-order valence-corrected chi connectivity index (χ1v) is 8.45. The second-order valence-corrected chi connectivity index (χ2v) is 6.54. The number of aromatic nitrogens is 1. The van der Waals surface area contributed by atoms with Crippen LogP contribution in [0.5, 0.6) is 0 Å². The van der Waals surface area contributed by atoms with Crippen molar-refractivity contribution in [1.82, 2.24) is 4.98 Å². The van der Waals surface area contributed by atoms with Gasteiger partial charge in [-0.05, 0) is 43.2 Å². The van der Waals surface area contributed by atoms with E-state index in [9.17, 15) is 4.79 Å². The van der Waals surface area contributed by atoms with Crippen LogP contribution in [0.1, 0.15) is 19.4 Å². The van der Waals surface area contributed by atoms with Gasteiger partial charge in [-0.25, -0.2) is 4.98 Å². The predicted octanol–water partition coefficient (Wildman–Crippen LogP) is 4.51. The van der Waals surface area contributed by atoms with Gasteiger partial charge >= 0.3 is 0 Å². The minimum absolute atomic E-state index is 0.0681. The van der Waals surface area contributed by atoms with E-state index in [4.69, 9.17) is 4.42 Å². The number of carbonyl (C=O) groups is 1. The first-order valence-electron chi connectivity index (χ1n) is 7.57. The van der Waals surface area contributed by atoms with Crippen LogP contribution in [-0.4, -0.2) is 16.1 Å². The van der Waals surface area contributed by atoms with Crippen molar-refractivity contribution in [2.75, 3.05) is 5.32 Å². The molecule has 118 valence electrons. The smallest absolute Gasteiger partial charge is 0.257 e. The van der Waals surface area contributed by atoms with Gasteiger partial charge in [0.05, 0.1) is 5.25 Å². The number of carbonyl (C=O) groups excluding carboxylic acids is 1. The van der Waals surface area contributed by atoms with Crippen molar-refractivity contribution >= 4 is 34.5 Å². The second kappa shape index (κ2) is 6.87. The largest absolute Gasteiger partial charge is 0.431 e. The molecule has 1 amide bonds. The van der Waals surface area contributed by atoms with E-state index in [2.05, 4.69) is 17.2 Å². The van der Waals surface area contributed by atoms with Crippen LogP contribution in [0.3, 0.4) is 0 Å². The number of amides is 1. The van der Waals surface area contributed by atoms with Crippen molar-refractivity contribution < 1.29 is 9.21 Å². The normalized spacial score (nSPS) is 12.3. The number of anilines is 1. The topological polar surface area (TPSA) is 55.1 Å². The summed E-state index contributed by atoms with van der Waals surface area (Å²) >= 11 is 1.31. The number of nitrogens with zero attached hydrogens (tertiary/aromatic N) is 1. The van der Waals surface area contributed by atoms with Crippen molar-refractivity contribution in [3.05, 3.63) is 54.1 Å². The molecule has 3 aromatic rings. The molecule has 0 saturated heterocycles. The Morgan fingerprint density at radius 2 is 1.96 bits per heavy atom. The summed E-state index contributed by atoms with van der Waals surface area (Å²) in [5.74, 6) is -0.0681. The van der Waals surface area contributed by atoms with Gasteiger partial charge in [-0.1, -0.05) is 43.0 Å². The van der Waals surface area contributed by atoms with E-state index < -0.39 is 0 Å². The Morgan fingerprint density at radius 3 is 2.65 bits per heavy atom. The fraction of sp³-hybridized carbons (Fsp3) is 0.222. The Bertz CT molecular complexity index is 778. The molecule has 0 saturated carbocycles. The van der Waals surface area contributed by atoms with Gasteiger partial charge < -0.3 is 9.73 Å². The van der Waals surface area contributed by atoms with Gasteiger partial charge in [0.1, 0.15) is 5.52 Å². The molecule has 1 N–H and O–H groups in total. The molecule has 1 heterocycles. The summed E-state index contributed by atoms with van der Waals surface area (Å²) in [5.41, 5.74) is 3.59. The number of nitrogens with one attached hydrogen (secondary N) is 1. The van der Waals surface area contributed by atoms with Gasteiger partial charge in [0.25, 0.3) is 5.22 Å². The number of fused-ring (bicyclic) bond motifs is 1. The zero-order valence-electron chi connectivity index (χ0n) is 13.1. The SMILES string of the molecule is CCc1ccc(NC(=O)[C@H](C)Sc2nc3ccccc3o2)cc1. The summed E-state index contributed by atoms with van der Waals surface area (Å²) in [4.78, 5) is 16.7. The maximum Gasteiger partial charge on any atom is 0.257 e. The highest BCUT2D eigenvalue weighted by atomic mass is 32.2. The zero-order chi connectivity index (χ0) is 16.2. The molecule has 0 fully saturated rings. The molecule has 0 spiro atoms. The molecule has 0 aliphatic rings. The number of para-hydroxylation sites is 2. The molecule has 23 heavy (non-hydrogen) atoms. The molecule has 0 unspecified atom stereocenters. The Morgan fingerprint density at radius 1 is 1.22 bits per heavy atom. The molecule has 1 atom stereocenters. The first-order chi connectivity index (χ1) is 11.2. The van der Waals surface area contributed by atoms with Crippen LogP contribution in [0.25, 0.3) is 11.1 Å². The maximum atomic E-state index is 12.3. The zero-order valence-corrected chi connectivity index (χ0v) is 13.9. The van der Waals surface area contributed by atoms with Crippen LogP contribution in [0.15, 0.2) is 58.2 Å². The van der Waals surface area contributed by atoms with E-state index in [0.717, 1.165) is 23.2 Å². The predicted molar refractivity (Wildman–Crippen MR) is 93.8 cm³/mol. The number of hydrogen-bond donors (Lipinski definition) is 1. The molecule has 4 nitrogen and oxygen atoms in total. The van der Waals surface area contributed by atoms with Crippen LogP contribution >= 0.6 is 11.8 Å². The number of hydrogen-bond acceptors (Lipinski definition) is 4. The lowest BCUT2D eigenvalue weighted by Gasteiger charge is -2.10. The maximum absolute atomic E-state index is 12.3. The molecule has 2 aromatic carbocycles. The second-order valence-electron chi connectivity index (χ2n) is 5.25. The van der Waals surface area contributed by atoms with Gasteiger partial charge in [0.15, 0.2) is 5.58 Å². The summed E-state index contributed by atoms with van der Waals surface area (Å²) in [7, 11) is 0. The van der Waals surface area contributed by atoms with E-state index in [1.165, 1.54) is 17.3 Å². The van der Waals surface area contributed by atoms with Gasteiger partial charge in [0.2, 0.25) is 5.91 Å². The molecule has 0 aliphatic carbocycles. The first kappa shape index (κ1) is 15.6. The lowest BCUT2D eigenvalue weighted by Crippen LogP contribution is -2.22. The molecule has 1 aromatic heterocycles. The highest BCUT2D eigenvalue weighted by Crippen LogP contribution is 2.27. The summed E-state index contributed by atoms with van der Waals surface area (Å²) in [6.07, 6.45) is 0.984. The monoisotopic (exact) mass is 326 g/mol. The minimum Gasteiger partial charge on any atom is -0.431 e. The van der Waals surface area contributed by atoms with Crippen LogP contribution in [-0.2, 0) is 11.2 Å². The average Bonchev–Trinajstić information content (AvgIpc) is 2.97. The number of benzene rings is 2. The Labute approximate surface area is 139 Å². The van der Waals surface area contributed by atoms with Crippen molar-refractivity contribution in [3.63, 3.8) is 0 Å². The van der Waals surface area contributed by atoms with Crippen molar-refractivity contribution in [3.8, 4) is 0 Å². The van der Waals surface area contributed by atoms with E-state index in [0.29, 0.717) is 5.22 Å². The van der Waals surface area contributed by atoms with E-state index in [1.54, 1.807) is 0 Å². The molecule has 3 rings (SSSR count). The fourth-order valence-corrected chi connectivity index (χ4v) is 2.93. The van der Waals surface area contributed by atoms with Gasteiger partial charge in [-0.3, -0.25) is 4.79 Å². The molecular formula is C18H18N2O2S. The highest BCUT2D eigenvalue weighted by molar-refractivity contribution is 8.00. The van der Waals surface area contributed by atoms with Crippen molar-refractivity contribution in [1.29, 1.82) is 0 Å². The van der Waals surface area contributed by atoms with Crippen LogP contribution in [0.4, 0.5) is 5.69 Å². The van der Waals surface area contributed by atoms with Gasteiger partial charge in [-0.2, -0.15) is 0 Å². The van der Waals surface area contributed by atoms with E-state index in [1.807, 2.05) is 55.5 Å². The molecular weight excluding hydrogens is 308 g/mol. The van der Waals surface area contributed by atoms with E-state index >= 15 is 0 Å². The molecule has 0 radical (unpaired) electrons. The Balaban J connectivity index is 1.64. The fourth-order valence-electron chi connectivity index (χ4n) is 2.17. The van der Waals surface area contributed by atoms with Crippen LogP contribution in [0.2, 0.25) is 0 Å². The lowest BCUT2D eigenvalue weighted by atomic mass is 10.1. The number of oxazole rings is 1. The number of thioether (sulfide) groups is 1. The molecule has 0 bridgehead atoms. The van der Waals surface area contributed by atoms with Crippen molar-refractivity contribution in [2.45, 2.75) is 30.7 Å². The third kappa shape index (κ3) is 3.74. The summed E-state index contributed by atoms with van der Waals surface area (Å²) in [6.45, 7) is 3.95. The number of aryl methyl sites for hydroxylation is 1. The average molecular weight is 326 g/mol. The third-order valence-corrected chi connectivity index (χ3v) is 4.49. The number of rotatable bonds is 5. The minimum atomic E-state index is -0.297. The van der Waals surface area contributed by atoms with E-state index in [-0.39, 0.29) is 11.2 Å². The van der Waals surface area contributed by atoms with Gasteiger partial charge in [-0.15, -0.1) is 0 Å². The lowest BCUT2D eigenvalue weighted by molar-refractivity contribution is -0.115. The molecule has 5 heteroatoms. The third-order valence-electron chi connectivity index (χ3n) is 3.55. The standard InChI is InChI=1S/C18H18N2O2S/c1-3-13-8-10-14(11-9-13)19-17(21)12(2)23-18-20-15-6-4-5-7-16(15)22-18/h4-12H,3H2,1-2H3,(H,19,21)/t12-/m0/s1. The van der Waals surface area contributed by atoms with Crippen molar-refractivity contribution in [2.24, 2.45) is 0 Å². The Kier molecular flexibility index (Phi) is 4.67. The van der Waals surface area contributed by atoms with Gasteiger partial charge in [0, 0.05) is 5.69 Å². The van der Waals surface area contributed by atoms with Crippen LogP contribution in [0, 0.1) is 0 Å². The highest BCUT2D eigenvalue weighted by Gasteiger charge is 2.18. The summed E-state index contributed by atoms with van der Waals surface area (Å²) < 4.78 is 5.64.